The zero-order valence-corrected chi connectivity index (χ0v) is 13.5. The molecule has 2 amide bonds. The summed E-state index contributed by atoms with van der Waals surface area (Å²) in [5.74, 6) is 0. The quantitative estimate of drug-likeness (QED) is 0.636. The number of carbonyl (C=O) groups excluding carboxylic acids is 1. The standard InChI is InChI=1S/C17H29N3O/c1-4-5-6-11-17(2,3)13-19-16(21)20-15-9-7-14(12-18)8-10-15/h7-10H,4-6,11-13,18H2,1-3H3,(H2,19,20,21). The van der Waals surface area contributed by atoms with Gasteiger partial charge in [0, 0.05) is 18.8 Å². The molecule has 0 bridgehead atoms. The maximum atomic E-state index is 11.9. The van der Waals surface area contributed by atoms with Crippen LogP contribution in [0.5, 0.6) is 0 Å². The molecule has 0 unspecified atom stereocenters. The molecule has 0 aromatic heterocycles. The lowest BCUT2D eigenvalue weighted by Gasteiger charge is -2.25. The van der Waals surface area contributed by atoms with Gasteiger partial charge < -0.3 is 16.4 Å². The Hall–Kier alpha value is -1.55. The lowest BCUT2D eigenvalue weighted by Crippen LogP contribution is -2.36. The third-order valence-electron chi connectivity index (χ3n) is 3.63. The van der Waals surface area contributed by atoms with Gasteiger partial charge in [0.25, 0.3) is 0 Å². The minimum atomic E-state index is -0.154. The van der Waals surface area contributed by atoms with E-state index < -0.39 is 0 Å². The molecule has 0 saturated heterocycles. The summed E-state index contributed by atoms with van der Waals surface area (Å²) in [4.78, 5) is 11.9. The van der Waals surface area contributed by atoms with Crippen LogP contribution in [-0.4, -0.2) is 12.6 Å². The minimum Gasteiger partial charge on any atom is -0.337 e. The second-order valence-electron chi connectivity index (χ2n) is 6.33. The van der Waals surface area contributed by atoms with E-state index in [4.69, 9.17) is 5.73 Å². The van der Waals surface area contributed by atoms with Crippen LogP contribution in [0.15, 0.2) is 24.3 Å². The van der Waals surface area contributed by atoms with E-state index in [9.17, 15) is 4.79 Å². The normalized spacial score (nSPS) is 11.2. The average molecular weight is 291 g/mol. The van der Waals surface area contributed by atoms with Gasteiger partial charge in [0.15, 0.2) is 0 Å². The van der Waals surface area contributed by atoms with Gasteiger partial charge in [-0.3, -0.25) is 0 Å². The fraction of sp³-hybridized carbons (Fsp3) is 0.588. The Morgan fingerprint density at radius 3 is 2.43 bits per heavy atom. The average Bonchev–Trinajstić information content (AvgIpc) is 2.46. The van der Waals surface area contributed by atoms with E-state index in [2.05, 4.69) is 31.4 Å². The van der Waals surface area contributed by atoms with Gasteiger partial charge in [-0.25, -0.2) is 4.79 Å². The topological polar surface area (TPSA) is 67.2 Å². The molecule has 0 saturated carbocycles. The molecule has 1 aromatic carbocycles. The number of amides is 2. The number of hydrogen-bond donors (Lipinski definition) is 3. The minimum absolute atomic E-state index is 0.135. The van der Waals surface area contributed by atoms with Gasteiger partial charge in [-0.2, -0.15) is 0 Å². The number of rotatable bonds is 8. The maximum Gasteiger partial charge on any atom is 0.319 e. The number of nitrogens with one attached hydrogen (secondary N) is 2. The zero-order chi connectivity index (χ0) is 15.7. The Morgan fingerprint density at radius 2 is 1.86 bits per heavy atom. The SMILES string of the molecule is CCCCCC(C)(C)CNC(=O)Nc1ccc(CN)cc1. The molecule has 1 rings (SSSR count). The number of urea groups is 1. The van der Waals surface area contributed by atoms with Crippen molar-refractivity contribution < 1.29 is 4.79 Å². The van der Waals surface area contributed by atoms with Crippen molar-refractivity contribution in [1.82, 2.24) is 5.32 Å². The van der Waals surface area contributed by atoms with Crippen molar-refractivity contribution in [3.8, 4) is 0 Å². The first-order valence-corrected chi connectivity index (χ1v) is 7.81. The molecule has 4 heteroatoms. The molecule has 0 aliphatic heterocycles. The summed E-state index contributed by atoms with van der Waals surface area (Å²) in [6, 6.07) is 7.43. The number of hydrogen-bond acceptors (Lipinski definition) is 2. The Balaban J connectivity index is 2.35. The Morgan fingerprint density at radius 1 is 1.19 bits per heavy atom. The first-order valence-electron chi connectivity index (χ1n) is 7.81. The molecule has 0 fully saturated rings. The van der Waals surface area contributed by atoms with Crippen LogP contribution in [0.4, 0.5) is 10.5 Å². The molecule has 0 atom stereocenters. The van der Waals surface area contributed by atoms with Crippen molar-refractivity contribution in [1.29, 1.82) is 0 Å². The Labute approximate surface area is 128 Å². The summed E-state index contributed by atoms with van der Waals surface area (Å²) in [5, 5.41) is 5.79. The largest absolute Gasteiger partial charge is 0.337 e. The molecule has 21 heavy (non-hydrogen) atoms. The summed E-state index contributed by atoms with van der Waals surface area (Å²) in [6.07, 6.45) is 4.82. The van der Waals surface area contributed by atoms with Crippen LogP contribution in [0.3, 0.4) is 0 Å². The highest BCUT2D eigenvalue weighted by Crippen LogP contribution is 2.22. The third kappa shape index (κ3) is 7.14. The second kappa shape index (κ2) is 8.67. The smallest absolute Gasteiger partial charge is 0.319 e. The van der Waals surface area contributed by atoms with E-state index in [-0.39, 0.29) is 11.4 Å². The van der Waals surface area contributed by atoms with Gasteiger partial charge in [-0.1, -0.05) is 52.2 Å². The molecular weight excluding hydrogens is 262 g/mol. The van der Waals surface area contributed by atoms with Gasteiger partial charge in [-0.05, 0) is 29.5 Å². The highest BCUT2D eigenvalue weighted by molar-refractivity contribution is 5.89. The highest BCUT2D eigenvalue weighted by Gasteiger charge is 2.18. The number of unbranched alkanes of at least 4 members (excludes halogenated alkanes) is 2. The molecular formula is C17H29N3O. The van der Waals surface area contributed by atoms with E-state index in [1.807, 2.05) is 24.3 Å². The van der Waals surface area contributed by atoms with Crippen molar-refractivity contribution in [2.24, 2.45) is 11.1 Å². The lowest BCUT2D eigenvalue weighted by molar-refractivity contribution is 0.241. The van der Waals surface area contributed by atoms with Crippen LogP contribution >= 0.6 is 0 Å². The maximum absolute atomic E-state index is 11.9. The van der Waals surface area contributed by atoms with Gasteiger partial charge in [-0.15, -0.1) is 0 Å². The summed E-state index contributed by atoms with van der Waals surface area (Å²) in [5.41, 5.74) is 7.52. The monoisotopic (exact) mass is 291 g/mol. The predicted octanol–water partition coefficient (Wildman–Crippen LogP) is 3.87. The van der Waals surface area contributed by atoms with Crippen LogP contribution in [0.2, 0.25) is 0 Å². The van der Waals surface area contributed by atoms with Gasteiger partial charge in [0.05, 0.1) is 0 Å². The molecule has 4 N–H and O–H groups in total. The molecule has 4 nitrogen and oxygen atoms in total. The van der Waals surface area contributed by atoms with Crippen molar-refractivity contribution in [3.63, 3.8) is 0 Å². The van der Waals surface area contributed by atoms with Crippen LogP contribution in [0.25, 0.3) is 0 Å². The van der Waals surface area contributed by atoms with Crippen LogP contribution in [-0.2, 0) is 6.54 Å². The van der Waals surface area contributed by atoms with E-state index >= 15 is 0 Å². The summed E-state index contributed by atoms with van der Waals surface area (Å²) in [7, 11) is 0. The molecule has 0 radical (unpaired) electrons. The fourth-order valence-corrected chi connectivity index (χ4v) is 2.16. The summed E-state index contributed by atoms with van der Waals surface area (Å²) >= 11 is 0. The van der Waals surface area contributed by atoms with Crippen LogP contribution < -0.4 is 16.4 Å². The van der Waals surface area contributed by atoms with E-state index in [0.717, 1.165) is 17.7 Å². The summed E-state index contributed by atoms with van der Waals surface area (Å²) < 4.78 is 0. The van der Waals surface area contributed by atoms with Gasteiger partial charge in [0.1, 0.15) is 0 Å². The van der Waals surface area contributed by atoms with Crippen LogP contribution in [0.1, 0.15) is 52.0 Å². The van der Waals surface area contributed by atoms with Gasteiger partial charge >= 0.3 is 6.03 Å². The molecule has 0 heterocycles. The predicted molar refractivity (Wildman–Crippen MR) is 89.3 cm³/mol. The van der Waals surface area contributed by atoms with Gasteiger partial charge in [0.2, 0.25) is 0 Å². The number of anilines is 1. The second-order valence-corrected chi connectivity index (χ2v) is 6.33. The molecule has 0 spiro atoms. The lowest BCUT2D eigenvalue weighted by atomic mass is 9.87. The third-order valence-corrected chi connectivity index (χ3v) is 3.63. The molecule has 1 aromatic rings. The zero-order valence-electron chi connectivity index (χ0n) is 13.5. The molecule has 118 valence electrons. The van der Waals surface area contributed by atoms with Crippen molar-refractivity contribution in [2.75, 3.05) is 11.9 Å². The van der Waals surface area contributed by atoms with Crippen molar-refractivity contribution in [3.05, 3.63) is 29.8 Å². The molecule has 0 aliphatic carbocycles. The first-order chi connectivity index (χ1) is 9.96. The fourth-order valence-electron chi connectivity index (χ4n) is 2.16. The van der Waals surface area contributed by atoms with E-state index in [0.29, 0.717) is 13.1 Å². The number of benzene rings is 1. The highest BCUT2D eigenvalue weighted by atomic mass is 16.2. The summed E-state index contributed by atoms with van der Waals surface area (Å²) in [6.45, 7) is 7.79. The Kier molecular flexibility index (Phi) is 7.23. The van der Waals surface area contributed by atoms with Crippen molar-refractivity contribution in [2.45, 2.75) is 53.0 Å². The van der Waals surface area contributed by atoms with Crippen molar-refractivity contribution >= 4 is 11.7 Å². The number of nitrogens with two attached hydrogens (primary N) is 1. The first kappa shape index (κ1) is 17.5. The van der Waals surface area contributed by atoms with E-state index in [1.54, 1.807) is 0 Å². The Bertz CT molecular complexity index is 426. The van der Waals surface area contributed by atoms with E-state index in [1.165, 1.54) is 19.3 Å². The number of carbonyl (C=O) groups is 1. The van der Waals surface area contributed by atoms with Crippen LogP contribution in [0, 0.1) is 5.41 Å². The molecule has 0 aliphatic rings.